The maximum absolute atomic E-state index is 10.9. The number of nitrogens with zero attached hydrogens (tertiary/aromatic N) is 1. The maximum Gasteiger partial charge on any atom is 0.246 e. The number of nitrogens with two attached hydrogens (primary N) is 1. The number of allylic oxidation sites excluding steroid dienone is 1. The first-order chi connectivity index (χ1) is 4.72. The number of rotatable bonds is 3. The van der Waals surface area contributed by atoms with Crippen LogP contribution in [0.2, 0.25) is 0 Å². The lowest BCUT2D eigenvalue weighted by molar-refractivity contribution is -0.124. The summed E-state index contributed by atoms with van der Waals surface area (Å²) in [5, 5.41) is 0. The van der Waals surface area contributed by atoms with Crippen LogP contribution in [0.5, 0.6) is 0 Å². The molecule has 3 nitrogen and oxygen atoms in total. The van der Waals surface area contributed by atoms with E-state index in [0.717, 1.165) is 0 Å². The fourth-order valence-electron chi connectivity index (χ4n) is 0.574. The second kappa shape index (κ2) is 4.99. The van der Waals surface area contributed by atoms with Gasteiger partial charge in [0.25, 0.3) is 0 Å². The molecule has 0 atom stereocenters. The third-order valence-corrected chi connectivity index (χ3v) is 1.15. The van der Waals surface area contributed by atoms with E-state index in [2.05, 4.69) is 0 Å². The molecule has 3 heteroatoms. The molecule has 0 aromatic rings. The zero-order valence-corrected chi connectivity index (χ0v) is 6.50. The van der Waals surface area contributed by atoms with Gasteiger partial charge >= 0.3 is 0 Å². The second-order valence-electron chi connectivity index (χ2n) is 2.05. The lowest BCUT2D eigenvalue weighted by Gasteiger charge is -2.12. The minimum Gasteiger partial charge on any atom is -0.341 e. The Balaban J connectivity index is 3.70. The van der Waals surface area contributed by atoms with E-state index in [-0.39, 0.29) is 5.91 Å². The smallest absolute Gasteiger partial charge is 0.246 e. The molecule has 10 heavy (non-hydrogen) atoms. The molecule has 0 aliphatic carbocycles. The number of amides is 1. The average Bonchev–Trinajstić information content (AvgIpc) is 1.89. The van der Waals surface area contributed by atoms with Crippen molar-refractivity contribution in [3.63, 3.8) is 0 Å². The molecule has 58 valence electrons. The summed E-state index contributed by atoms with van der Waals surface area (Å²) in [4.78, 5) is 12.5. The van der Waals surface area contributed by atoms with Crippen molar-refractivity contribution in [1.82, 2.24) is 4.90 Å². The van der Waals surface area contributed by atoms with Crippen molar-refractivity contribution < 1.29 is 4.79 Å². The minimum absolute atomic E-state index is 0.00736. The van der Waals surface area contributed by atoms with Crippen LogP contribution in [0, 0.1) is 0 Å². The van der Waals surface area contributed by atoms with Crippen LogP contribution in [0.1, 0.15) is 6.92 Å². The summed E-state index contributed by atoms with van der Waals surface area (Å²) in [6, 6.07) is 0. The van der Waals surface area contributed by atoms with Crippen LogP contribution in [0.25, 0.3) is 0 Å². The SMILES string of the molecule is CC=CC(=O)N(C)CCN. The van der Waals surface area contributed by atoms with E-state index in [0.29, 0.717) is 13.1 Å². The highest BCUT2D eigenvalue weighted by Crippen LogP contribution is 1.84. The first kappa shape index (κ1) is 9.17. The van der Waals surface area contributed by atoms with Gasteiger partial charge in [-0.2, -0.15) is 0 Å². The molecule has 0 bridgehead atoms. The van der Waals surface area contributed by atoms with Gasteiger partial charge in [-0.1, -0.05) is 6.08 Å². The molecule has 0 aromatic carbocycles. The second-order valence-corrected chi connectivity index (χ2v) is 2.05. The summed E-state index contributed by atoms with van der Waals surface area (Å²) in [5.41, 5.74) is 5.25. The predicted molar refractivity (Wildman–Crippen MR) is 41.5 cm³/mol. The van der Waals surface area contributed by atoms with Gasteiger partial charge in [0.1, 0.15) is 0 Å². The van der Waals surface area contributed by atoms with E-state index in [1.54, 1.807) is 18.0 Å². The summed E-state index contributed by atoms with van der Waals surface area (Å²) in [5.74, 6) is 0.00736. The van der Waals surface area contributed by atoms with Crippen LogP contribution < -0.4 is 5.73 Å². The van der Waals surface area contributed by atoms with Gasteiger partial charge in [0.15, 0.2) is 0 Å². The first-order valence-corrected chi connectivity index (χ1v) is 3.30. The Bertz CT molecular complexity index is 132. The molecule has 0 fully saturated rings. The summed E-state index contributed by atoms with van der Waals surface area (Å²) in [6.07, 6.45) is 3.24. The highest BCUT2D eigenvalue weighted by atomic mass is 16.2. The number of carbonyl (C=O) groups excluding carboxylic acids is 1. The zero-order chi connectivity index (χ0) is 7.98. The van der Waals surface area contributed by atoms with Gasteiger partial charge in [-0.05, 0) is 13.0 Å². The summed E-state index contributed by atoms with van der Waals surface area (Å²) < 4.78 is 0. The third-order valence-electron chi connectivity index (χ3n) is 1.15. The quantitative estimate of drug-likeness (QED) is 0.563. The third kappa shape index (κ3) is 3.25. The number of carbonyl (C=O) groups is 1. The van der Waals surface area contributed by atoms with Crippen LogP contribution in [0.3, 0.4) is 0 Å². The van der Waals surface area contributed by atoms with E-state index in [9.17, 15) is 4.79 Å². The molecule has 0 aliphatic rings. The normalized spacial score (nSPS) is 10.3. The molecule has 0 radical (unpaired) electrons. The largest absolute Gasteiger partial charge is 0.341 e. The van der Waals surface area contributed by atoms with Gasteiger partial charge in [0, 0.05) is 20.1 Å². The lowest BCUT2D eigenvalue weighted by Crippen LogP contribution is -2.30. The van der Waals surface area contributed by atoms with Gasteiger partial charge in [-0.25, -0.2) is 0 Å². The molecule has 2 N–H and O–H groups in total. The minimum atomic E-state index is 0.00736. The lowest BCUT2D eigenvalue weighted by atomic mass is 10.4. The summed E-state index contributed by atoms with van der Waals surface area (Å²) >= 11 is 0. The highest BCUT2D eigenvalue weighted by molar-refractivity contribution is 5.87. The maximum atomic E-state index is 10.9. The Morgan fingerprint density at radius 1 is 1.70 bits per heavy atom. The number of likely N-dealkylation sites (N-methyl/N-ethyl adjacent to an activating group) is 1. The standard InChI is InChI=1S/C7H14N2O/c1-3-4-7(10)9(2)6-5-8/h3-4H,5-6,8H2,1-2H3. The van der Waals surface area contributed by atoms with Crippen LogP contribution >= 0.6 is 0 Å². The van der Waals surface area contributed by atoms with Crippen molar-refractivity contribution >= 4 is 5.91 Å². The first-order valence-electron chi connectivity index (χ1n) is 3.30. The fourth-order valence-corrected chi connectivity index (χ4v) is 0.574. The molecular formula is C7H14N2O. The van der Waals surface area contributed by atoms with Gasteiger partial charge in [-0.15, -0.1) is 0 Å². The number of hydrogen-bond donors (Lipinski definition) is 1. The Morgan fingerprint density at radius 2 is 2.30 bits per heavy atom. The summed E-state index contributed by atoms with van der Waals surface area (Å²) in [6.45, 7) is 2.94. The molecule has 0 aliphatic heterocycles. The van der Waals surface area contributed by atoms with E-state index in [1.165, 1.54) is 6.08 Å². The van der Waals surface area contributed by atoms with E-state index >= 15 is 0 Å². The van der Waals surface area contributed by atoms with Gasteiger partial charge in [0.05, 0.1) is 0 Å². The fraction of sp³-hybridized carbons (Fsp3) is 0.571. The van der Waals surface area contributed by atoms with Crippen molar-refractivity contribution in [3.05, 3.63) is 12.2 Å². The predicted octanol–water partition coefficient (Wildman–Crippen LogP) is -0.0204. The molecule has 0 saturated carbocycles. The molecule has 1 amide bonds. The van der Waals surface area contributed by atoms with E-state index in [4.69, 9.17) is 5.73 Å². The van der Waals surface area contributed by atoms with Gasteiger partial charge < -0.3 is 10.6 Å². The van der Waals surface area contributed by atoms with Crippen molar-refractivity contribution in [2.24, 2.45) is 5.73 Å². The Morgan fingerprint density at radius 3 is 2.70 bits per heavy atom. The molecule has 0 aromatic heterocycles. The van der Waals surface area contributed by atoms with Crippen LogP contribution in [0.4, 0.5) is 0 Å². The molecule has 0 saturated heterocycles. The van der Waals surface area contributed by atoms with E-state index in [1.807, 2.05) is 6.92 Å². The van der Waals surface area contributed by atoms with Crippen molar-refractivity contribution in [2.45, 2.75) is 6.92 Å². The van der Waals surface area contributed by atoms with Crippen LogP contribution in [-0.2, 0) is 4.79 Å². The van der Waals surface area contributed by atoms with Gasteiger partial charge in [0.2, 0.25) is 5.91 Å². The van der Waals surface area contributed by atoms with Crippen LogP contribution in [0.15, 0.2) is 12.2 Å². The topological polar surface area (TPSA) is 46.3 Å². The monoisotopic (exact) mass is 142 g/mol. The molecule has 0 unspecified atom stereocenters. The van der Waals surface area contributed by atoms with E-state index < -0.39 is 0 Å². The molecule has 0 rings (SSSR count). The average molecular weight is 142 g/mol. The van der Waals surface area contributed by atoms with Gasteiger partial charge in [-0.3, -0.25) is 4.79 Å². The van der Waals surface area contributed by atoms with Crippen molar-refractivity contribution in [3.8, 4) is 0 Å². The molecule has 0 heterocycles. The van der Waals surface area contributed by atoms with Crippen molar-refractivity contribution in [2.75, 3.05) is 20.1 Å². The molecule has 0 spiro atoms. The number of hydrogen-bond acceptors (Lipinski definition) is 2. The highest BCUT2D eigenvalue weighted by Gasteiger charge is 2.00. The molecular weight excluding hydrogens is 128 g/mol. The zero-order valence-electron chi connectivity index (χ0n) is 6.50. The Kier molecular flexibility index (Phi) is 4.58. The Labute approximate surface area is 61.5 Å². The summed E-state index contributed by atoms with van der Waals surface area (Å²) in [7, 11) is 1.73. The Hall–Kier alpha value is -0.830. The van der Waals surface area contributed by atoms with Crippen LogP contribution in [-0.4, -0.2) is 30.9 Å². The van der Waals surface area contributed by atoms with Crippen molar-refractivity contribution in [1.29, 1.82) is 0 Å².